The van der Waals surface area contributed by atoms with Crippen molar-refractivity contribution in [3.63, 3.8) is 0 Å². The SMILES string of the molecule is COC(=O)C(C)CC(=O)OCC1CCC(OC)CC1. The van der Waals surface area contributed by atoms with E-state index in [9.17, 15) is 9.59 Å². The lowest BCUT2D eigenvalue weighted by Crippen LogP contribution is -2.25. The van der Waals surface area contributed by atoms with Crippen molar-refractivity contribution in [2.45, 2.75) is 45.1 Å². The first-order chi connectivity index (χ1) is 9.06. The highest BCUT2D eigenvalue weighted by molar-refractivity contribution is 5.79. The number of methoxy groups -OCH3 is 2. The molecule has 1 atom stereocenters. The molecule has 0 aromatic heterocycles. The molecule has 0 radical (unpaired) electrons. The van der Waals surface area contributed by atoms with Crippen LogP contribution in [0.5, 0.6) is 0 Å². The third-order valence-corrected chi connectivity index (χ3v) is 3.68. The average Bonchev–Trinajstić information content (AvgIpc) is 2.44. The first-order valence-corrected chi connectivity index (χ1v) is 6.83. The van der Waals surface area contributed by atoms with E-state index in [1.807, 2.05) is 0 Å². The summed E-state index contributed by atoms with van der Waals surface area (Å²) in [6.45, 7) is 2.11. The molecule has 5 heteroatoms. The molecule has 110 valence electrons. The minimum absolute atomic E-state index is 0.0834. The second-order valence-corrected chi connectivity index (χ2v) is 5.19. The van der Waals surface area contributed by atoms with Gasteiger partial charge in [-0.2, -0.15) is 0 Å². The van der Waals surface area contributed by atoms with Crippen LogP contribution in [-0.2, 0) is 23.8 Å². The number of rotatable bonds is 6. The summed E-state index contributed by atoms with van der Waals surface area (Å²) >= 11 is 0. The molecular formula is C14H24O5. The van der Waals surface area contributed by atoms with Gasteiger partial charge < -0.3 is 14.2 Å². The Bertz CT molecular complexity index is 294. The third-order valence-electron chi connectivity index (χ3n) is 3.68. The van der Waals surface area contributed by atoms with Crippen LogP contribution in [0.3, 0.4) is 0 Å². The molecule has 0 N–H and O–H groups in total. The standard InChI is InChI=1S/C14H24O5/c1-10(14(16)18-3)8-13(15)19-9-11-4-6-12(17-2)7-5-11/h10-12H,4-9H2,1-3H3. The summed E-state index contributed by atoms with van der Waals surface area (Å²) in [5.74, 6) is -0.727. The van der Waals surface area contributed by atoms with Crippen LogP contribution in [0.4, 0.5) is 0 Å². The second-order valence-electron chi connectivity index (χ2n) is 5.19. The van der Waals surface area contributed by atoms with Crippen molar-refractivity contribution in [3.8, 4) is 0 Å². The number of esters is 2. The van der Waals surface area contributed by atoms with Crippen LogP contribution in [-0.4, -0.2) is 38.9 Å². The lowest BCUT2D eigenvalue weighted by Gasteiger charge is -2.27. The Kier molecular flexibility index (Phi) is 6.84. The van der Waals surface area contributed by atoms with Gasteiger partial charge >= 0.3 is 11.9 Å². The Morgan fingerprint density at radius 2 is 1.79 bits per heavy atom. The van der Waals surface area contributed by atoms with Gasteiger partial charge in [0.1, 0.15) is 0 Å². The van der Waals surface area contributed by atoms with Crippen LogP contribution in [0.1, 0.15) is 39.0 Å². The van der Waals surface area contributed by atoms with E-state index in [0.29, 0.717) is 18.6 Å². The summed E-state index contributed by atoms with van der Waals surface area (Å²) in [5, 5.41) is 0. The van der Waals surface area contributed by atoms with Crippen molar-refractivity contribution >= 4 is 11.9 Å². The van der Waals surface area contributed by atoms with Crippen molar-refractivity contribution in [1.82, 2.24) is 0 Å². The maximum Gasteiger partial charge on any atom is 0.308 e. The molecule has 1 unspecified atom stereocenters. The largest absolute Gasteiger partial charge is 0.469 e. The zero-order chi connectivity index (χ0) is 14.3. The molecular weight excluding hydrogens is 248 g/mol. The molecule has 1 aliphatic carbocycles. The van der Waals surface area contributed by atoms with Crippen LogP contribution in [0, 0.1) is 11.8 Å². The van der Waals surface area contributed by atoms with Gasteiger partial charge in [-0.15, -0.1) is 0 Å². The highest BCUT2D eigenvalue weighted by Crippen LogP contribution is 2.26. The Balaban J connectivity index is 2.18. The fourth-order valence-corrected chi connectivity index (χ4v) is 2.34. The zero-order valence-corrected chi connectivity index (χ0v) is 12.0. The second kappa shape index (κ2) is 8.15. The molecule has 5 nitrogen and oxygen atoms in total. The fraction of sp³-hybridized carbons (Fsp3) is 0.857. The van der Waals surface area contributed by atoms with Crippen LogP contribution < -0.4 is 0 Å². The zero-order valence-electron chi connectivity index (χ0n) is 12.0. The normalized spacial score (nSPS) is 24.6. The van der Waals surface area contributed by atoms with Gasteiger partial charge in [0.05, 0.1) is 32.2 Å². The van der Waals surface area contributed by atoms with E-state index in [1.54, 1.807) is 14.0 Å². The molecule has 1 rings (SSSR count). The number of hydrogen-bond donors (Lipinski definition) is 0. The minimum atomic E-state index is -0.443. The number of carbonyl (C=O) groups is 2. The van der Waals surface area contributed by atoms with Gasteiger partial charge in [-0.25, -0.2) is 0 Å². The van der Waals surface area contributed by atoms with E-state index in [2.05, 4.69) is 4.74 Å². The molecule has 0 spiro atoms. The molecule has 0 aromatic rings. The van der Waals surface area contributed by atoms with E-state index < -0.39 is 5.92 Å². The Morgan fingerprint density at radius 1 is 1.16 bits per heavy atom. The topological polar surface area (TPSA) is 61.8 Å². The monoisotopic (exact) mass is 272 g/mol. The van der Waals surface area contributed by atoms with Gasteiger partial charge in [0, 0.05) is 7.11 Å². The molecule has 0 saturated heterocycles. The molecule has 0 aliphatic heterocycles. The summed E-state index contributed by atoms with van der Waals surface area (Å²) in [6.07, 6.45) is 4.54. The van der Waals surface area contributed by atoms with Gasteiger partial charge in [0.15, 0.2) is 0 Å². The molecule has 19 heavy (non-hydrogen) atoms. The van der Waals surface area contributed by atoms with E-state index in [0.717, 1.165) is 25.7 Å². The predicted molar refractivity (Wildman–Crippen MR) is 69.5 cm³/mol. The van der Waals surface area contributed by atoms with Crippen molar-refractivity contribution < 1.29 is 23.8 Å². The van der Waals surface area contributed by atoms with Gasteiger partial charge in [-0.3, -0.25) is 9.59 Å². The number of ether oxygens (including phenoxy) is 3. The summed E-state index contributed by atoms with van der Waals surface area (Å²) in [6, 6.07) is 0. The van der Waals surface area contributed by atoms with E-state index in [-0.39, 0.29) is 18.4 Å². The Morgan fingerprint density at radius 3 is 2.32 bits per heavy atom. The first-order valence-electron chi connectivity index (χ1n) is 6.83. The van der Waals surface area contributed by atoms with Crippen LogP contribution >= 0.6 is 0 Å². The highest BCUT2D eigenvalue weighted by atomic mass is 16.5. The van der Waals surface area contributed by atoms with Crippen LogP contribution in [0.15, 0.2) is 0 Å². The van der Waals surface area contributed by atoms with Crippen LogP contribution in [0.2, 0.25) is 0 Å². The van der Waals surface area contributed by atoms with Gasteiger partial charge in [-0.1, -0.05) is 6.92 Å². The molecule has 0 bridgehead atoms. The Labute approximate surface area is 114 Å². The summed E-state index contributed by atoms with van der Waals surface area (Å²) in [5.41, 5.74) is 0. The molecule has 1 saturated carbocycles. The van der Waals surface area contributed by atoms with Gasteiger partial charge in [-0.05, 0) is 31.6 Å². The minimum Gasteiger partial charge on any atom is -0.469 e. The molecule has 0 amide bonds. The number of hydrogen-bond acceptors (Lipinski definition) is 5. The van der Waals surface area contributed by atoms with Crippen molar-refractivity contribution in [2.75, 3.05) is 20.8 Å². The molecule has 0 heterocycles. The lowest BCUT2D eigenvalue weighted by molar-refractivity contribution is -0.153. The number of carbonyl (C=O) groups excluding carboxylic acids is 2. The quantitative estimate of drug-likeness (QED) is 0.691. The lowest BCUT2D eigenvalue weighted by atomic mass is 9.88. The van der Waals surface area contributed by atoms with Crippen molar-refractivity contribution in [3.05, 3.63) is 0 Å². The molecule has 1 aliphatic rings. The summed E-state index contributed by atoms with van der Waals surface area (Å²) < 4.78 is 15.1. The summed E-state index contributed by atoms with van der Waals surface area (Å²) in [4.78, 5) is 22.8. The summed E-state index contributed by atoms with van der Waals surface area (Å²) in [7, 11) is 3.05. The molecule has 0 aromatic carbocycles. The van der Waals surface area contributed by atoms with Gasteiger partial charge in [0.25, 0.3) is 0 Å². The Hall–Kier alpha value is -1.10. The van der Waals surface area contributed by atoms with Crippen LogP contribution in [0.25, 0.3) is 0 Å². The first kappa shape index (κ1) is 16.0. The van der Waals surface area contributed by atoms with Crippen molar-refractivity contribution in [2.24, 2.45) is 11.8 Å². The van der Waals surface area contributed by atoms with E-state index >= 15 is 0 Å². The van der Waals surface area contributed by atoms with Gasteiger partial charge in [0.2, 0.25) is 0 Å². The highest BCUT2D eigenvalue weighted by Gasteiger charge is 2.23. The predicted octanol–water partition coefficient (Wildman–Crippen LogP) is 1.93. The maximum absolute atomic E-state index is 11.6. The smallest absolute Gasteiger partial charge is 0.308 e. The average molecular weight is 272 g/mol. The van der Waals surface area contributed by atoms with E-state index in [1.165, 1.54) is 7.11 Å². The maximum atomic E-state index is 11.6. The third kappa shape index (κ3) is 5.59. The fourth-order valence-electron chi connectivity index (χ4n) is 2.34. The van der Waals surface area contributed by atoms with E-state index in [4.69, 9.17) is 9.47 Å². The molecule has 1 fully saturated rings. The van der Waals surface area contributed by atoms with Crippen molar-refractivity contribution in [1.29, 1.82) is 0 Å².